The summed E-state index contributed by atoms with van der Waals surface area (Å²) < 4.78 is 7.09. The zero-order valence-corrected chi connectivity index (χ0v) is 10.0. The third-order valence-electron chi connectivity index (χ3n) is 3.06. The molecule has 7 heteroatoms. The Morgan fingerprint density at radius 3 is 2.83 bits per heavy atom. The lowest BCUT2D eigenvalue weighted by Gasteiger charge is -2.26. The average Bonchev–Trinajstić information content (AvgIpc) is 2.80. The predicted molar refractivity (Wildman–Crippen MR) is 68.1 cm³/mol. The predicted octanol–water partition coefficient (Wildman–Crippen LogP) is 0.0792. The number of anilines is 2. The normalized spacial score (nSPS) is 16.4. The van der Waals surface area contributed by atoms with Crippen LogP contribution < -0.4 is 10.6 Å². The van der Waals surface area contributed by atoms with Crippen LogP contribution in [0.3, 0.4) is 0 Å². The summed E-state index contributed by atoms with van der Waals surface area (Å²) in [6.07, 6.45) is 1.45. The van der Waals surface area contributed by atoms with Crippen LogP contribution in [-0.2, 0) is 11.3 Å². The molecule has 1 aliphatic rings. The number of nitrogens with zero attached hydrogens (tertiary/aromatic N) is 5. The molecule has 3 heterocycles. The lowest BCUT2D eigenvalue weighted by Crippen LogP contribution is -2.36. The molecule has 1 fully saturated rings. The Kier molecular flexibility index (Phi) is 2.75. The molecule has 0 aliphatic carbocycles. The van der Waals surface area contributed by atoms with Gasteiger partial charge in [-0.3, -0.25) is 0 Å². The maximum Gasteiger partial charge on any atom is 0.165 e. The molecule has 2 N–H and O–H groups in total. The van der Waals surface area contributed by atoms with E-state index in [9.17, 15) is 0 Å². The number of fused-ring (bicyclic) bond motifs is 1. The quantitative estimate of drug-likeness (QED) is 0.809. The second-order valence-corrected chi connectivity index (χ2v) is 4.10. The van der Waals surface area contributed by atoms with Gasteiger partial charge in [-0.25, -0.2) is 14.6 Å². The Balaban J connectivity index is 2.15. The van der Waals surface area contributed by atoms with E-state index in [1.54, 1.807) is 4.68 Å². The number of hydrogen-bond acceptors (Lipinski definition) is 6. The van der Waals surface area contributed by atoms with Crippen LogP contribution in [0.5, 0.6) is 0 Å². The highest BCUT2D eigenvalue weighted by atomic mass is 16.5. The van der Waals surface area contributed by atoms with Gasteiger partial charge in [0.15, 0.2) is 11.5 Å². The van der Waals surface area contributed by atoms with Gasteiger partial charge < -0.3 is 15.4 Å². The first-order valence-electron chi connectivity index (χ1n) is 5.90. The molecule has 1 aliphatic heterocycles. The molecule has 18 heavy (non-hydrogen) atoms. The molecule has 0 aromatic carbocycles. The Morgan fingerprint density at radius 1 is 1.33 bits per heavy atom. The molecule has 0 unspecified atom stereocenters. The third-order valence-corrected chi connectivity index (χ3v) is 3.06. The van der Waals surface area contributed by atoms with E-state index in [0.717, 1.165) is 29.9 Å². The highest BCUT2D eigenvalue weighted by molar-refractivity contribution is 5.96. The maximum absolute atomic E-state index is 5.95. The van der Waals surface area contributed by atoms with Gasteiger partial charge in [0.1, 0.15) is 17.5 Å². The monoisotopic (exact) mass is 247 g/mol. The zero-order chi connectivity index (χ0) is 12.5. The van der Waals surface area contributed by atoms with Crippen LogP contribution in [0.4, 0.5) is 11.6 Å². The minimum absolute atomic E-state index is 0.459. The van der Waals surface area contributed by atoms with Crippen molar-refractivity contribution < 1.29 is 4.74 Å². The van der Waals surface area contributed by atoms with E-state index in [4.69, 9.17) is 10.5 Å². The van der Waals surface area contributed by atoms with Gasteiger partial charge in [-0.15, -0.1) is 0 Å². The molecule has 95 valence electrons. The minimum atomic E-state index is 0.459. The van der Waals surface area contributed by atoms with Gasteiger partial charge in [0.2, 0.25) is 0 Å². The van der Waals surface area contributed by atoms with Crippen molar-refractivity contribution >= 4 is 22.7 Å². The van der Waals surface area contributed by atoms with Crippen molar-refractivity contribution in [1.29, 1.82) is 0 Å². The number of rotatable bonds is 2. The number of morpholine rings is 1. The van der Waals surface area contributed by atoms with E-state index in [1.807, 2.05) is 0 Å². The van der Waals surface area contributed by atoms with Crippen molar-refractivity contribution in [2.45, 2.75) is 6.54 Å². The summed E-state index contributed by atoms with van der Waals surface area (Å²) in [6, 6.07) is 0. The number of ether oxygens (including phenoxy) is 1. The summed E-state index contributed by atoms with van der Waals surface area (Å²) in [5, 5.41) is 5.34. The second-order valence-electron chi connectivity index (χ2n) is 4.10. The Morgan fingerprint density at radius 2 is 2.11 bits per heavy atom. The third kappa shape index (κ3) is 1.67. The molecular formula is C11H15N6O. The number of nitrogen functional groups attached to an aromatic ring is 1. The first-order chi connectivity index (χ1) is 8.81. The highest BCUT2D eigenvalue weighted by Gasteiger charge is 2.21. The van der Waals surface area contributed by atoms with E-state index in [1.165, 1.54) is 6.33 Å². The molecular weight excluding hydrogens is 232 g/mol. The fraction of sp³-hybridized carbons (Fsp3) is 0.455. The first-order valence-corrected chi connectivity index (χ1v) is 5.90. The molecule has 3 rings (SSSR count). The van der Waals surface area contributed by atoms with Crippen LogP contribution in [0.1, 0.15) is 0 Å². The van der Waals surface area contributed by atoms with Crippen molar-refractivity contribution in [3.63, 3.8) is 0 Å². The van der Waals surface area contributed by atoms with E-state index in [0.29, 0.717) is 25.6 Å². The van der Waals surface area contributed by atoms with Crippen molar-refractivity contribution in [2.75, 3.05) is 36.9 Å². The van der Waals surface area contributed by atoms with Crippen LogP contribution in [-0.4, -0.2) is 46.1 Å². The summed E-state index contributed by atoms with van der Waals surface area (Å²) in [7, 11) is 0. The van der Waals surface area contributed by atoms with E-state index in [2.05, 4.69) is 26.9 Å². The van der Waals surface area contributed by atoms with Crippen molar-refractivity contribution in [3.05, 3.63) is 13.3 Å². The highest BCUT2D eigenvalue weighted by Crippen LogP contribution is 2.28. The van der Waals surface area contributed by atoms with Crippen molar-refractivity contribution in [1.82, 2.24) is 19.7 Å². The molecule has 1 saturated heterocycles. The van der Waals surface area contributed by atoms with E-state index < -0.39 is 0 Å². The topological polar surface area (TPSA) is 82.1 Å². The van der Waals surface area contributed by atoms with Crippen LogP contribution in [0.25, 0.3) is 11.0 Å². The molecule has 0 saturated carbocycles. The average molecular weight is 247 g/mol. The SMILES string of the molecule is [CH2]Cn1nc(N2CCOCC2)c2c(N)ncnc21. The Labute approximate surface area is 105 Å². The van der Waals surface area contributed by atoms with Gasteiger partial charge >= 0.3 is 0 Å². The number of aromatic nitrogens is 4. The first kappa shape index (κ1) is 11.2. The Bertz CT molecular complexity index is 560. The summed E-state index contributed by atoms with van der Waals surface area (Å²) >= 11 is 0. The number of nitrogens with two attached hydrogens (primary N) is 1. The van der Waals surface area contributed by atoms with Crippen molar-refractivity contribution in [2.24, 2.45) is 0 Å². The minimum Gasteiger partial charge on any atom is -0.383 e. The molecule has 0 bridgehead atoms. The molecule has 2 aromatic rings. The second kappa shape index (κ2) is 4.41. The van der Waals surface area contributed by atoms with Gasteiger partial charge in [-0.05, 0) is 6.92 Å². The largest absolute Gasteiger partial charge is 0.383 e. The summed E-state index contributed by atoms with van der Waals surface area (Å²) in [5.41, 5.74) is 6.68. The Hall–Kier alpha value is -1.89. The van der Waals surface area contributed by atoms with Crippen LogP contribution in [0.2, 0.25) is 0 Å². The van der Waals surface area contributed by atoms with E-state index in [-0.39, 0.29) is 0 Å². The van der Waals surface area contributed by atoms with Crippen LogP contribution >= 0.6 is 0 Å². The molecule has 2 aromatic heterocycles. The maximum atomic E-state index is 5.95. The van der Waals surface area contributed by atoms with Crippen LogP contribution in [0.15, 0.2) is 6.33 Å². The molecule has 7 nitrogen and oxygen atoms in total. The van der Waals surface area contributed by atoms with Crippen molar-refractivity contribution in [3.8, 4) is 0 Å². The number of hydrogen-bond donors (Lipinski definition) is 1. The van der Waals surface area contributed by atoms with Crippen LogP contribution in [0, 0.1) is 6.92 Å². The molecule has 0 spiro atoms. The van der Waals surface area contributed by atoms with E-state index >= 15 is 0 Å². The molecule has 0 atom stereocenters. The summed E-state index contributed by atoms with van der Waals surface area (Å²) in [6.45, 7) is 7.37. The fourth-order valence-corrected chi connectivity index (χ4v) is 2.16. The lowest BCUT2D eigenvalue weighted by atomic mass is 10.3. The summed E-state index contributed by atoms with van der Waals surface area (Å²) in [5.74, 6) is 1.29. The van der Waals surface area contributed by atoms with Gasteiger partial charge in [0.05, 0.1) is 13.2 Å². The van der Waals surface area contributed by atoms with Gasteiger partial charge in [-0.1, -0.05) is 0 Å². The molecule has 1 radical (unpaired) electrons. The molecule has 0 amide bonds. The summed E-state index contributed by atoms with van der Waals surface area (Å²) in [4.78, 5) is 10.4. The standard InChI is InChI=1S/C11H15N6O/c1-2-17-10-8(9(12)13-7-14-10)11(15-17)16-3-5-18-6-4-16/h7H,1-6H2,(H2,12,13,14). The van der Waals surface area contributed by atoms with Gasteiger partial charge in [-0.2, -0.15) is 5.10 Å². The fourth-order valence-electron chi connectivity index (χ4n) is 2.16. The van der Waals surface area contributed by atoms with Gasteiger partial charge in [0.25, 0.3) is 0 Å². The zero-order valence-electron chi connectivity index (χ0n) is 10.0. The lowest BCUT2D eigenvalue weighted by molar-refractivity contribution is 0.122. The smallest absolute Gasteiger partial charge is 0.165 e. The van der Waals surface area contributed by atoms with Gasteiger partial charge in [0, 0.05) is 19.6 Å².